The van der Waals surface area contributed by atoms with Gasteiger partial charge in [0.2, 0.25) is 0 Å². The van der Waals surface area contributed by atoms with Gasteiger partial charge >= 0.3 is 0 Å². The van der Waals surface area contributed by atoms with Gasteiger partial charge in [0.05, 0.1) is 27.8 Å². The van der Waals surface area contributed by atoms with Crippen LogP contribution in [0.3, 0.4) is 0 Å². The number of aliphatic hydroxyl groups excluding tert-OH is 1. The molecule has 5 nitrogen and oxygen atoms in total. The SMILES string of the molecule is CN=C(/C=C(\NC)C(F)F)c1ccc(C(=O)N(CCO)c2ccccc2)s1. The smallest absolute Gasteiger partial charge is 0.277 e. The molecule has 2 aromatic rings. The summed E-state index contributed by atoms with van der Waals surface area (Å²) in [4.78, 5) is 19.4. The quantitative estimate of drug-likeness (QED) is 0.677. The van der Waals surface area contributed by atoms with E-state index in [0.29, 0.717) is 21.2 Å². The Balaban J connectivity index is 2.31. The zero-order valence-electron chi connectivity index (χ0n) is 15.0. The first-order valence-electron chi connectivity index (χ1n) is 8.24. The molecule has 27 heavy (non-hydrogen) atoms. The van der Waals surface area contributed by atoms with Gasteiger partial charge < -0.3 is 15.3 Å². The zero-order valence-corrected chi connectivity index (χ0v) is 15.8. The average Bonchev–Trinajstić information content (AvgIpc) is 3.17. The van der Waals surface area contributed by atoms with Crippen molar-refractivity contribution in [3.05, 3.63) is 64.0 Å². The number of aliphatic imine (C=N–C) groups is 1. The predicted octanol–water partition coefficient (Wildman–Crippen LogP) is 3.17. The maximum Gasteiger partial charge on any atom is 0.277 e. The number of hydrogen-bond acceptors (Lipinski definition) is 5. The minimum atomic E-state index is -2.65. The summed E-state index contributed by atoms with van der Waals surface area (Å²) >= 11 is 1.17. The number of para-hydroxylation sites is 1. The van der Waals surface area contributed by atoms with Gasteiger partial charge in [-0.3, -0.25) is 9.79 Å². The molecule has 0 spiro atoms. The highest BCUT2D eigenvalue weighted by Crippen LogP contribution is 2.23. The van der Waals surface area contributed by atoms with Gasteiger partial charge in [0.1, 0.15) is 0 Å². The summed E-state index contributed by atoms with van der Waals surface area (Å²) in [5.74, 6) is -0.270. The van der Waals surface area contributed by atoms with E-state index in [4.69, 9.17) is 0 Å². The van der Waals surface area contributed by atoms with E-state index < -0.39 is 6.43 Å². The number of amides is 1. The van der Waals surface area contributed by atoms with Gasteiger partial charge in [0.25, 0.3) is 12.3 Å². The molecule has 0 aliphatic carbocycles. The summed E-state index contributed by atoms with van der Waals surface area (Å²) in [5.41, 5.74) is 0.783. The number of aliphatic hydroxyl groups is 1. The monoisotopic (exact) mass is 393 g/mol. The Hall–Kier alpha value is -2.58. The lowest BCUT2D eigenvalue weighted by molar-refractivity contribution is 0.0985. The second kappa shape index (κ2) is 9.94. The molecule has 0 radical (unpaired) electrons. The molecular weight excluding hydrogens is 372 g/mol. The minimum absolute atomic E-state index is 0.153. The summed E-state index contributed by atoms with van der Waals surface area (Å²) < 4.78 is 25.9. The van der Waals surface area contributed by atoms with Crippen LogP contribution in [0.15, 0.2) is 59.2 Å². The highest BCUT2D eigenvalue weighted by atomic mass is 32.1. The van der Waals surface area contributed by atoms with Crippen molar-refractivity contribution < 1.29 is 18.7 Å². The van der Waals surface area contributed by atoms with Crippen LogP contribution < -0.4 is 10.2 Å². The lowest BCUT2D eigenvalue weighted by Crippen LogP contribution is -2.32. The van der Waals surface area contributed by atoms with E-state index in [1.54, 1.807) is 24.3 Å². The van der Waals surface area contributed by atoms with Crippen LogP contribution in [0.1, 0.15) is 14.5 Å². The Morgan fingerprint density at radius 1 is 1.26 bits per heavy atom. The van der Waals surface area contributed by atoms with E-state index in [9.17, 15) is 18.7 Å². The van der Waals surface area contributed by atoms with Crippen molar-refractivity contribution in [3.63, 3.8) is 0 Å². The fourth-order valence-electron chi connectivity index (χ4n) is 2.42. The van der Waals surface area contributed by atoms with Gasteiger partial charge in [0, 0.05) is 26.3 Å². The number of allylic oxidation sites excluding steroid dienone is 2. The molecule has 1 aromatic carbocycles. The number of rotatable bonds is 8. The van der Waals surface area contributed by atoms with Gasteiger partial charge in [-0.25, -0.2) is 8.78 Å². The van der Waals surface area contributed by atoms with Crippen LogP contribution in [0.25, 0.3) is 0 Å². The Labute approximate surface area is 160 Å². The topological polar surface area (TPSA) is 64.9 Å². The third kappa shape index (κ3) is 5.21. The molecule has 1 amide bonds. The number of alkyl halides is 2. The fraction of sp³-hybridized carbons (Fsp3) is 0.263. The highest BCUT2D eigenvalue weighted by Gasteiger charge is 2.20. The molecular formula is C19H21F2N3O2S. The average molecular weight is 393 g/mol. The normalized spacial score (nSPS) is 12.4. The van der Waals surface area contributed by atoms with Gasteiger partial charge in [-0.2, -0.15) is 0 Å². The Morgan fingerprint density at radius 2 is 1.93 bits per heavy atom. The molecule has 0 bridgehead atoms. The second-order valence-corrected chi connectivity index (χ2v) is 6.52. The summed E-state index contributed by atoms with van der Waals surface area (Å²) in [6, 6.07) is 12.3. The standard InChI is InChI=1S/C19H21F2N3O2S/c1-22-14(12-15(23-2)18(20)21)16-8-9-17(27-16)19(26)24(10-11-25)13-6-4-3-5-7-13/h3-9,12,18,23,25H,10-11H2,1-2H3/b15-12-,22-14?. The Morgan fingerprint density at radius 3 is 2.48 bits per heavy atom. The maximum atomic E-state index is 13.0. The second-order valence-electron chi connectivity index (χ2n) is 5.44. The van der Waals surface area contributed by atoms with E-state index in [0.717, 1.165) is 0 Å². The number of benzene rings is 1. The van der Waals surface area contributed by atoms with Gasteiger partial charge in [-0.05, 0) is 30.3 Å². The first-order valence-corrected chi connectivity index (χ1v) is 9.05. The van der Waals surface area contributed by atoms with Crippen LogP contribution in [0.5, 0.6) is 0 Å². The predicted molar refractivity (Wildman–Crippen MR) is 105 cm³/mol. The number of anilines is 1. The van der Waals surface area contributed by atoms with E-state index in [2.05, 4.69) is 10.3 Å². The number of halogens is 2. The van der Waals surface area contributed by atoms with Crippen LogP contribution in [-0.4, -0.2) is 50.4 Å². The molecule has 0 saturated carbocycles. The largest absolute Gasteiger partial charge is 0.395 e. The molecule has 8 heteroatoms. The van der Waals surface area contributed by atoms with E-state index in [1.807, 2.05) is 18.2 Å². The van der Waals surface area contributed by atoms with Crippen molar-refractivity contribution in [2.75, 3.05) is 32.1 Å². The van der Waals surface area contributed by atoms with E-state index in [-0.39, 0.29) is 24.8 Å². The highest BCUT2D eigenvalue weighted by molar-refractivity contribution is 7.16. The van der Waals surface area contributed by atoms with Crippen molar-refractivity contribution in [2.45, 2.75) is 6.43 Å². The van der Waals surface area contributed by atoms with Crippen molar-refractivity contribution in [1.82, 2.24) is 5.32 Å². The lowest BCUT2D eigenvalue weighted by Gasteiger charge is -2.21. The number of carbonyl (C=O) groups excluding carboxylic acids is 1. The van der Waals surface area contributed by atoms with E-state index in [1.165, 1.54) is 36.4 Å². The Kier molecular flexibility index (Phi) is 7.63. The number of hydrogen-bond donors (Lipinski definition) is 2. The number of thiophene rings is 1. The van der Waals surface area contributed by atoms with Crippen LogP contribution in [0, 0.1) is 0 Å². The van der Waals surface area contributed by atoms with Crippen LogP contribution in [0.2, 0.25) is 0 Å². The molecule has 0 unspecified atom stereocenters. The van der Waals surface area contributed by atoms with Crippen molar-refractivity contribution in [1.29, 1.82) is 0 Å². The molecule has 0 saturated heterocycles. The molecule has 0 atom stereocenters. The summed E-state index contributed by atoms with van der Waals surface area (Å²) in [6.45, 7) is -0.0246. The molecule has 2 rings (SSSR count). The van der Waals surface area contributed by atoms with Gasteiger partial charge in [0.15, 0.2) is 0 Å². The first kappa shape index (κ1) is 20.7. The summed E-state index contributed by atoms with van der Waals surface area (Å²) in [6.07, 6.45) is -1.38. The molecule has 144 valence electrons. The van der Waals surface area contributed by atoms with Crippen molar-refractivity contribution >= 4 is 28.6 Å². The molecule has 0 aliphatic rings. The molecule has 0 fully saturated rings. The van der Waals surface area contributed by atoms with Gasteiger partial charge in [-0.1, -0.05) is 18.2 Å². The molecule has 1 heterocycles. The lowest BCUT2D eigenvalue weighted by atomic mass is 10.2. The van der Waals surface area contributed by atoms with E-state index >= 15 is 0 Å². The third-order valence-corrected chi connectivity index (χ3v) is 4.86. The van der Waals surface area contributed by atoms with Crippen LogP contribution in [-0.2, 0) is 0 Å². The molecule has 0 aliphatic heterocycles. The summed E-state index contributed by atoms with van der Waals surface area (Å²) in [5, 5.41) is 11.8. The Bertz CT molecular complexity index is 819. The van der Waals surface area contributed by atoms with Crippen molar-refractivity contribution in [2.24, 2.45) is 4.99 Å². The fourth-order valence-corrected chi connectivity index (χ4v) is 3.38. The molecule has 1 aromatic heterocycles. The third-order valence-electron chi connectivity index (χ3n) is 3.76. The van der Waals surface area contributed by atoms with Gasteiger partial charge in [-0.15, -0.1) is 11.3 Å². The number of carbonyl (C=O) groups is 1. The van der Waals surface area contributed by atoms with Crippen LogP contribution >= 0.6 is 11.3 Å². The van der Waals surface area contributed by atoms with Crippen molar-refractivity contribution in [3.8, 4) is 0 Å². The zero-order chi connectivity index (χ0) is 19.8. The summed E-state index contributed by atoms with van der Waals surface area (Å²) in [7, 11) is 2.93. The first-order chi connectivity index (χ1) is 13.0. The maximum absolute atomic E-state index is 13.0. The number of nitrogens with zero attached hydrogens (tertiary/aromatic N) is 2. The molecule has 2 N–H and O–H groups in total. The number of nitrogens with one attached hydrogen (secondary N) is 1. The minimum Gasteiger partial charge on any atom is -0.395 e. The van der Waals surface area contributed by atoms with Crippen LogP contribution in [0.4, 0.5) is 14.5 Å².